The fraction of sp³-hybridized carbons (Fsp3) is 0.294. The highest BCUT2D eigenvalue weighted by molar-refractivity contribution is 6.08. The van der Waals surface area contributed by atoms with Crippen LogP contribution >= 0.6 is 0 Å². The molecule has 1 saturated heterocycles. The average molecular weight is 279 g/mol. The maximum absolute atomic E-state index is 13.0. The molecule has 106 valence electrons. The van der Waals surface area contributed by atoms with E-state index in [-0.39, 0.29) is 5.78 Å². The second-order valence-corrected chi connectivity index (χ2v) is 5.89. The number of carbonyl (C=O) groups excluding carboxylic acids is 1. The van der Waals surface area contributed by atoms with Crippen molar-refractivity contribution in [2.45, 2.75) is 24.8 Å². The van der Waals surface area contributed by atoms with Crippen molar-refractivity contribution in [1.82, 2.24) is 15.3 Å². The second-order valence-electron chi connectivity index (χ2n) is 5.89. The number of aromatic amines is 1. The van der Waals surface area contributed by atoms with E-state index in [1.54, 1.807) is 12.5 Å². The quantitative estimate of drug-likeness (QED) is 0.898. The molecule has 0 radical (unpaired) electrons. The number of ketones is 1. The predicted octanol–water partition coefficient (Wildman–Crippen LogP) is 1.89. The number of Topliss-reactive ketones (excluding diaryl/α,β-unsaturated/α-hetero) is 1. The summed E-state index contributed by atoms with van der Waals surface area (Å²) in [7, 11) is 0. The summed E-state index contributed by atoms with van der Waals surface area (Å²) in [4.78, 5) is 20.1. The third-order valence-corrected chi connectivity index (χ3v) is 4.55. The van der Waals surface area contributed by atoms with E-state index in [1.807, 2.05) is 18.2 Å². The first-order valence-corrected chi connectivity index (χ1v) is 7.32. The Morgan fingerprint density at radius 2 is 2.19 bits per heavy atom. The van der Waals surface area contributed by atoms with Crippen molar-refractivity contribution in [3.05, 3.63) is 59.2 Å². The van der Waals surface area contributed by atoms with Gasteiger partial charge in [0.05, 0.1) is 11.9 Å². The highest BCUT2D eigenvalue weighted by Crippen LogP contribution is 2.33. The molecule has 1 aliphatic carbocycles. The topological polar surface area (TPSA) is 57.8 Å². The molecule has 0 bridgehead atoms. The van der Waals surface area contributed by atoms with Crippen LogP contribution in [0, 0.1) is 0 Å². The minimum Gasteiger partial charge on any atom is -0.348 e. The van der Waals surface area contributed by atoms with Gasteiger partial charge in [0.2, 0.25) is 0 Å². The van der Waals surface area contributed by atoms with E-state index in [0.29, 0.717) is 6.42 Å². The van der Waals surface area contributed by atoms with Crippen LogP contribution < -0.4 is 5.32 Å². The molecule has 2 N–H and O–H groups in total. The minimum atomic E-state index is -0.444. The van der Waals surface area contributed by atoms with Crippen molar-refractivity contribution >= 4 is 11.9 Å². The van der Waals surface area contributed by atoms with Crippen LogP contribution in [-0.4, -0.2) is 27.8 Å². The van der Waals surface area contributed by atoms with Crippen LogP contribution in [0.25, 0.3) is 6.08 Å². The Morgan fingerprint density at radius 3 is 2.86 bits per heavy atom. The third-order valence-electron chi connectivity index (χ3n) is 4.55. The lowest BCUT2D eigenvalue weighted by atomic mass is 9.76. The largest absolute Gasteiger partial charge is 0.348 e. The monoisotopic (exact) mass is 279 g/mol. The van der Waals surface area contributed by atoms with Crippen molar-refractivity contribution in [3.63, 3.8) is 0 Å². The van der Waals surface area contributed by atoms with Crippen LogP contribution in [0.15, 0.2) is 42.4 Å². The standard InChI is InChI=1S/C17H17N3O/c21-16(14-7-12-3-1-2-4-13(12)8-14)17(5-6-20-17)9-15-10-18-11-19-15/h1-4,7,10-11,20H,5-6,8-9H2,(H,18,19)/t17-/m0/s1. The summed E-state index contributed by atoms with van der Waals surface area (Å²) in [5, 5.41) is 3.36. The van der Waals surface area contributed by atoms with E-state index in [9.17, 15) is 4.79 Å². The molecule has 2 aliphatic rings. The van der Waals surface area contributed by atoms with E-state index in [4.69, 9.17) is 0 Å². The van der Waals surface area contributed by atoms with E-state index in [2.05, 4.69) is 27.4 Å². The SMILES string of the molecule is O=C(C1=Cc2ccccc2C1)[C@@]1(Cc2cnc[nH]2)CCN1. The van der Waals surface area contributed by atoms with Gasteiger partial charge in [-0.3, -0.25) is 4.79 Å². The number of fused-ring (bicyclic) bond motifs is 1. The molecule has 2 aromatic rings. The summed E-state index contributed by atoms with van der Waals surface area (Å²) in [6.07, 6.45) is 7.83. The summed E-state index contributed by atoms with van der Waals surface area (Å²) >= 11 is 0. The van der Waals surface area contributed by atoms with Gasteiger partial charge in [-0.05, 0) is 30.2 Å². The fourth-order valence-electron chi connectivity index (χ4n) is 3.29. The van der Waals surface area contributed by atoms with Crippen LogP contribution in [0.5, 0.6) is 0 Å². The van der Waals surface area contributed by atoms with Gasteiger partial charge < -0.3 is 10.3 Å². The van der Waals surface area contributed by atoms with E-state index >= 15 is 0 Å². The van der Waals surface area contributed by atoms with Gasteiger partial charge in [0.15, 0.2) is 5.78 Å². The number of benzene rings is 1. The zero-order valence-corrected chi connectivity index (χ0v) is 11.7. The summed E-state index contributed by atoms with van der Waals surface area (Å²) in [5.74, 6) is 0.236. The summed E-state index contributed by atoms with van der Waals surface area (Å²) in [5.41, 5.74) is 3.91. The van der Waals surface area contributed by atoms with E-state index in [1.165, 1.54) is 11.1 Å². The normalized spacial score (nSPS) is 23.3. The maximum atomic E-state index is 13.0. The Kier molecular flexibility index (Phi) is 2.79. The number of carbonyl (C=O) groups is 1. The molecule has 0 saturated carbocycles. The number of nitrogens with one attached hydrogen (secondary N) is 2. The number of rotatable bonds is 4. The molecule has 1 atom stereocenters. The summed E-state index contributed by atoms with van der Waals surface area (Å²) < 4.78 is 0. The van der Waals surface area contributed by atoms with Crippen LogP contribution in [0.1, 0.15) is 23.2 Å². The van der Waals surface area contributed by atoms with Crippen molar-refractivity contribution in [3.8, 4) is 0 Å². The molecule has 2 heterocycles. The number of imidazole rings is 1. The van der Waals surface area contributed by atoms with Gasteiger partial charge in [-0.25, -0.2) is 4.98 Å². The van der Waals surface area contributed by atoms with Crippen molar-refractivity contribution in [1.29, 1.82) is 0 Å². The van der Waals surface area contributed by atoms with Crippen molar-refractivity contribution in [2.75, 3.05) is 6.54 Å². The third kappa shape index (κ3) is 2.03. The molecule has 21 heavy (non-hydrogen) atoms. The fourth-order valence-corrected chi connectivity index (χ4v) is 3.29. The van der Waals surface area contributed by atoms with E-state index in [0.717, 1.165) is 30.7 Å². The number of H-pyrrole nitrogens is 1. The Bertz CT molecular complexity index is 711. The van der Waals surface area contributed by atoms with E-state index < -0.39 is 5.54 Å². The summed E-state index contributed by atoms with van der Waals surface area (Å²) in [6.45, 7) is 0.903. The zero-order valence-electron chi connectivity index (χ0n) is 11.7. The van der Waals surface area contributed by atoms with Gasteiger partial charge in [-0.2, -0.15) is 0 Å². The van der Waals surface area contributed by atoms with Crippen LogP contribution in [0.2, 0.25) is 0 Å². The van der Waals surface area contributed by atoms with Gasteiger partial charge in [0.1, 0.15) is 0 Å². The van der Waals surface area contributed by atoms with Crippen molar-refractivity contribution in [2.24, 2.45) is 0 Å². The summed E-state index contributed by atoms with van der Waals surface area (Å²) in [6, 6.07) is 8.22. The molecular weight excluding hydrogens is 262 g/mol. The number of hydrogen-bond donors (Lipinski definition) is 2. The average Bonchev–Trinajstić information content (AvgIpc) is 3.10. The highest BCUT2D eigenvalue weighted by atomic mass is 16.1. The van der Waals surface area contributed by atoms with Crippen LogP contribution in [0.3, 0.4) is 0 Å². The molecule has 1 aromatic heterocycles. The van der Waals surface area contributed by atoms with Gasteiger partial charge >= 0.3 is 0 Å². The number of hydrogen-bond acceptors (Lipinski definition) is 3. The molecule has 0 spiro atoms. The lowest BCUT2D eigenvalue weighted by molar-refractivity contribution is -0.124. The molecule has 4 heteroatoms. The second kappa shape index (κ2) is 4.67. The molecule has 4 rings (SSSR count). The van der Waals surface area contributed by atoms with Crippen LogP contribution in [0.4, 0.5) is 0 Å². The first-order valence-electron chi connectivity index (χ1n) is 7.32. The molecule has 1 aliphatic heterocycles. The van der Waals surface area contributed by atoms with Gasteiger partial charge in [-0.1, -0.05) is 24.3 Å². The zero-order chi connectivity index (χ0) is 14.3. The number of nitrogens with zero attached hydrogens (tertiary/aromatic N) is 1. The smallest absolute Gasteiger partial charge is 0.179 e. The maximum Gasteiger partial charge on any atom is 0.179 e. The van der Waals surface area contributed by atoms with Gasteiger partial charge in [0, 0.05) is 30.3 Å². The Balaban J connectivity index is 1.60. The van der Waals surface area contributed by atoms with Gasteiger partial charge in [0.25, 0.3) is 0 Å². The molecule has 0 amide bonds. The molecule has 1 aromatic carbocycles. The molecule has 1 fully saturated rings. The number of aromatic nitrogens is 2. The van der Waals surface area contributed by atoms with Crippen molar-refractivity contribution < 1.29 is 4.79 Å². The first-order chi connectivity index (χ1) is 10.3. The first kappa shape index (κ1) is 12.5. The van der Waals surface area contributed by atoms with Crippen LogP contribution in [-0.2, 0) is 17.6 Å². The highest BCUT2D eigenvalue weighted by Gasteiger charge is 2.45. The minimum absolute atomic E-state index is 0.236. The van der Waals surface area contributed by atoms with Gasteiger partial charge in [-0.15, -0.1) is 0 Å². The molecular formula is C17H17N3O. The lowest BCUT2D eigenvalue weighted by Crippen LogP contribution is -2.64. The molecule has 4 nitrogen and oxygen atoms in total. The Labute approximate surface area is 123 Å². The Hall–Kier alpha value is -2.20. The molecule has 0 unspecified atom stereocenters. The lowest BCUT2D eigenvalue weighted by Gasteiger charge is -2.42. The predicted molar refractivity (Wildman–Crippen MR) is 80.8 cm³/mol. The Morgan fingerprint density at radius 1 is 1.33 bits per heavy atom.